The molecule has 0 aliphatic heterocycles. The number of pyridine rings is 1. The second kappa shape index (κ2) is 4.50. The molecule has 0 atom stereocenters. The van der Waals surface area contributed by atoms with Crippen LogP contribution in [0.3, 0.4) is 0 Å². The van der Waals surface area contributed by atoms with E-state index in [1.807, 2.05) is 45.2 Å². The average molecular weight is 225 g/mol. The predicted octanol–water partition coefficient (Wildman–Crippen LogP) is 3.49. The Labute approximate surface area is 101 Å². The largest absolute Gasteiger partial charge is 0.298 e. The Hall–Kier alpha value is -1.96. The highest BCUT2D eigenvalue weighted by Crippen LogP contribution is 2.25. The van der Waals surface area contributed by atoms with Crippen molar-refractivity contribution >= 4 is 6.29 Å². The molecule has 0 radical (unpaired) electrons. The smallest absolute Gasteiger partial charge is 0.150 e. The van der Waals surface area contributed by atoms with Crippen LogP contribution >= 0.6 is 0 Å². The summed E-state index contributed by atoms with van der Waals surface area (Å²) in [5.74, 6) is 0. The average Bonchev–Trinajstić information content (AvgIpc) is 2.33. The van der Waals surface area contributed by atoms with Gasteiger partial charge in [0.1, 0.15) is 6.29 Å². The molecule has 0 unspecified atom stereocenters. The van der Waals surface area contributed by atoms with Gasteiger partial charge in [0.25, 0.3) is 0 Å². The van der Waals surface area contributed by atoms with Gasteiger partial charge >= 0.3 is 0 Å². The Morgan fingerprint density at radius 1 is 1.06 bits per heavy atom. The summed E-state index contributed by atoms with van der Waals surface area (Å²) in [6.45, 7) is 6.08. The first-order valence-corrected chi connectivity index (χ1v) is 5.61. The van der Waals surface area contributed by atoms with Crippen LogP contribution in [0.4, 0.5) is 0 Å². The molecule has 0 bridgehead atoms. The van der Waals surface area contributed by atoms with E-state index in [-0.39, 0.29) is 0 Å². The molecule has 0 fully saturated rings. The van der Waals surface area contributed by atoms with Gasteiger partial charge in [0.15, 0.2) is 0 Å². The standard InChI is InChI=1S/C15H15NO/c1-10-4-5-13(9-17)7-15(10)14-6-11(2)12(3)16-8-14/h4-9H,1-3H3. The maximum Gasteiger partial charge on any atom is 0.150 e. The van der Waals surface area contributed by atoms with Gasteiger partial charge in [-0.25, -0.2) is 0 Å². The predicted molar refractivity (Wildman–Crippen MR) is 69.3 cm³/mol. The first-order valence-electron chi connectivity index (χ1n) is 5.61. The van der Waals surface area contributed by atoms with Crippen LogP contribution in [0.1, 0.15) is 27.2 Å². The maximum atomic E-state index is 10.8. The summed E-state index contributed by atoms with van der Waals surface area (Å²) in [6, 6.07) is 7.82. The first kappa shape index (κ1) is 11.5. The summed E-state index contributed by atoms with van der Waals surface area (Å²) >= 11 is 0. The number of aryl methyl sites for hydroxylation is 3. The fraction of sp³-hybridized carbons (Fsp3) is 0.200. The zero-order valence-corrected chi connectivity index (χ0v) is 10.3. The number of aldehydes is 1. The van der Waals surface area contributed by atoms with E-state index in [0.717, 1.165) is 28.7 Å². The third-order valence-corrected chi connectivity index (χ3v) is 3.05. The van der Waals surface area contributed by atoms with Gasteiger partial charge in [0, 0.05) is 23.0 Å². The van der Waals surface area contributed by atoms with Gasteiger partial charge in [-0.05, 0) is 49.6 Å². The van der Waals surface area contributed by atoms with Crippen molar-refractivity contribution in [3.05, 3.63) is 52.8 Å². The highest BCUT2D eigenvalue weighted by molar-refractivity contribution is 5.80. The molecule has 1 aromatic carbocycles. The van der Waals surface area contributed by atoms with Gasteiger partial charge in [0.2, 0.25) is 0 Å². The number of carbonyl (C=O) groups excluding carboxylic acids is 1. The quantitative estimate of drug-likeness (QED) is 0.732. The number of benzene rings is 1. The summed E-state index contributed by atoms with van der Waals surface area (Å²) in [5, 5.41) is 0. The lowest BCUT2D eigenvalue weighted by Gasteiger charge is -2.08. The number of rotatable bonds is 2. The lowest BCUT2D eigenvalue weighted by Crippen LogP contribution is -1.91. The van der Waals surface area contributed by atoms with Gasteiger partial charge < -0.3 is 0 Å². The summed E-state index contributed by atoms with van der Waals surface area (Å²) < 4.78 is 0. The summed E-state index contributed by atoms with van der Waals surface area (Å²) in [4.78, 5) is 15.2. The third kappa shape index (κ3) is 2.26. The number of nitrogens with zero attached hydrogens (tertiary/aromatic N) is 1. The normalized spacial score (nSPS) is 10.3. The zero-order valence-electron chi connectivity index (χ0n) is 10.3. The fourth-order valence-corrected chi connectivity index (χ4v) is 1.81. The maximum absolute atomic E-state index is 10.8. The van der Waals surface area contributed by atoms with Crippen LogP contribution in [0.15, 0.2) is 30.5 Å². The monoisotopic (exact) mass is 225 g/mol. The molecule has 0 aliphatic rings. The number of hydrogen-bond acceptors (Lipinski definition) is 2. The highest BCUT2D eigenvalue weighted by atomic mass is 16.1. The first-order chi connectivity index (χ1) is 8.11. The minimum atomic E-state index is 0.698. The van der Waals surface area contributed by atoms with Crippen LogP contribution in [0.2, 0.25) is 0 Å². The summed E-state index contributed by atoms with van der Waals surface area (Å²) in [5.41, 5.74) is 6.19. The van der Waals surface area contributed by atoms with E-state index in [1.54, 1.807) is 0 Å². The van der Waals surface area contributed by atoms with Crippen LogP contribution in [0.25, 0.3) is 11.1 Å². The van der Waals surface area contributed by atoms with Crippen LogP contribution in [-0.4, -0.2) is 11.3 Å². The minimum absolute atomic E-state index is 0.698. The topological polar surface area (TPSA) is 30.0 Å². The van der Waals surface area contributed by atoms with Crippen molar-refractivity contribution in [2.24, 2.45) is 0 Å². The number of carbonyl (C=O) groups is 1. The molecule has 2 aromatic rings. The molecule has 2 heteroatoms. The lowest BCUT2D eigenvalue weighted by molar-refractivity contribution is 0.112. The number of aromatic nitrogens is 1. The molecule has 0 saturated heterocycles. The van der Waals surface area contributed by atoms with E-state index in [4.69, 9.17) is 0 Å². The van der Waals surface area contributed by atoms with Crippen molar-refractivity contribution in [1.82, 2.24) is 4.98 Å². The van der Waals surface area contributed by atoms with Gasteiger partial charge in [-0.15, -0.1) is 0 Å². The van der Waals surface area contributed by atoms with Crippen LogP contribution < -0.4 is 0 Å². The van der Waals surface area contributed by atoms with Gasteiger partial charge in [-0.1, -0.05) is 12.1 Å². The molecule has 0 spiro atoms. The van der Waals surface area contributed by atoms with E-state index in [9.17, 15) is 4.79 Å². The minimum Gasteiger partial charge on any atom is -0.298 e. The van der Waals surface area contributed by atoms with Crippen LogP contribution in [0.5, 0.6) is 0 Å². The molecule has 2 nitrogen and oxygen atoms in total. The lowest BCUT2D eigenvalue weighted by atomic mass is 9.98. The molecule has 0 aliphatic carbocycles. The van der Waals surface area contributed by atoms with E-state index in [0.29, 0.717) is 5.56 Å². The zero-order chi connectivity index (χ0) is 12.4. The second-order valence-electron chi connectivity index (χ2n) is 4.32. The molecule has 1 aromatic heterocycles. The molecule has 86 valence electrons. The molecule has 0 saturated carbocycles. The molecule has 1 heterocycles. The Bertz CT molecular complexity index is 573. The molecule has 0 amide bonds. The molecule has 0 N–H and O–H groups in total. The van der Waals surface area contributed by atoms with E-state index in [1.165, 1.54) is 5.56 Å². The van der Waals surface area contributed by atoms with Crippen molar-refractivity contribution in [2.45, 2.75) is 20.8 Å². The van der Waals surface area contributed by atoms with Crippen molar-refractivity contribution in [2.75, 3.05) is 0 Å². The van der Waals surface area contributed by atoms with E-state index >= 15 is 0 Å². The molecule has 17 heavy (non-hydrogen) atoms. The van der Waals surface area contributed by atoms with Gasteiger partial charge in [0.05, 0.1) is 0 Å². The van der Waals surface area contributed by atoms with Crippen molar-refractivity contribution in [3.8, 4) is 11.1 Å². The van der Waals surface area contributed by atoms with Crippen molar-refractivity contribution in [1.29, 1.82) is 0 Å². The van der Waals surface area contributed by atoms with Crippen LogP contribution in [-0.2, 0) is 0 Å². The summed E-state index contributed by atoms with van der Waals surface area (Å²) in [7, 11) is 0. The number of hydrogen-bond donors (Lipinski definition) is 0. The Balaban J connectivity index is 2.58. The second-order valence-corrected chi connectivity index (χ2v) is 4.32. The van der Waals surface area contributed by atoms with Gasteiger partial charge in [-0.3, -0.25) is 9.78 Å². The van der Waals surface area contributed by atoms with Crippen LogP contribution in [0, 0.1) is 20.8 Å². The Morgan fingerprint density at radius 3 is 2.47 bits per heavy atom. The molecular formula is C15H15NO. The molecular weight excluding hydrogens is 210 g/mol. The third-order valence-electron chi connectivity index (χ3n) is 3.05. The van der Waals surface area contributed by atoms with E-state index in [2.05, 4.69) is 11.1 Å². The summed E-state index contributed by atoms with van der Waals surface area (Å²) in [6.07, 6.45) is 2.73. The fourth-order valence-electron chi connectivity index (χ4n) is 1.81. The SMILES string of the molecule is Cc1ccc(C=O)cc1-c1cnc(C)c(C)c1. The van der Waals surface area contributed by atoms with Gasteiger partial charge in [-0.2, -0.15) is 0 Å². The Morgan fingerprint density at radius 2 is 1.82 bits per heavy atom. The van der Waals surface area contributed by atoms with Crippen molar-refractivity contribution < 1.29 is 4.79 Å². The highest BCUT2D eigenvalue weighted by Gasteiger charge is 2.05. The Kier molecular flexibility index (Phi) is 3.05. The van der Waals surface area contributed by atoms with E-state index < -0.39 is 0 Å². The van der Waals surface area contributed by atoms with Crippen molar-refractivity contribution in [3.63, 3.8) is 0 Å². The molecule has 2 rings (SSSR count).